The fraction of sp³-hybridized carbons (Fsp3) is 0.487. The van der Waals surface area contributed by atoms with E-state index >= 15 is 0 Å². The van der Waals surface area contributed by atoms with E-state index in [-0.39, 0.29) is 34.8 Å². The summed E-state index contributed by atoms with van der Waals surface area (Å²) in [4.78, 5) is 57.0. The van der Waals surface area contributed by atoms with Gasteiger partial charge in [0.15, 0.2) is 0 Å². The van der Waals surface area contributed by atoms with E-state index in [1.165, 1.54) is 10.5 Å². The summed E-state index contributed by atoms with van der Waals surface area (Å²) in [5.41, 5.74) is 2.70. The second-order valence-electron chi connectivity index (χ2n) is 15.4. The number of carbonyl (C=O) groups is 4. The summed E-state index contributed by atoms with van der Waals surface area (Å²) in [5.74, 6) is -1.03. The topological polar surface area (TPSA) is 107 Å². The number of aromatic carboxylic acids is 1. The third kappa shape index (κ3) is 6.78. The Balaban J connectivity index is 1.34. The van der Waals surface area contributed by atoms with Crippen molar-refractivity contribution < 1.29 is 29.0 Å². The van der Waals surface area contributed by atoms with E-state index in [9.17, 15) is 24.3 Å². The molecule has 2 aliphatic heterocycles. The molecule has 0 bridgehead atoms. The van der Waals surface area contributed by atoms with Gasteiger partial charge in [0.05, 0.1) is 11.0 Å². The summed E-state index contributed by atoms with van der Waals surface area (Å²) in [6.07, 6.45) is 5.67. The van der Waals surface area contributed by atoms with Gasteiger partial charge in [-0.1, -0.05) is 81.0 Å². The first-order chi connectivity index (χ1) is 22.5. The number of nitrogens with zero attached hydrogens (tertiary/aromatic N) is 3. The standard InChI is InChI=1S/C39H49N3O6/c1-36(2,3)48-35(47)40(7)25-32(43)41-23-20-39(21-24-41,29-11-9-8-10-12-29)34(46)42-22-18-31-37(4,5)30(17-19-38(31,6)26-42)27-13-15-28(16-14-27)33(44)45/h8-18H,19-26H2,1-7H3,(H,44,45)/t38-/m1/s1. The van der Waals surface area contributed by atoms with Crippen LogP contribution < -0.4 is 0 Å². The van der Waals surface area contributed by atoms with Crippen LogP contribution in [0.3, 0.4) is 0 Å². The molecule has 9 heteroatoms. The van der Waals surface area contributed by atoms with Crippen molar-refractivity contribution >= 4 is 29.5 Å². The lowest BCUT2D eigenvalue weighted by molar-refractivity contribution is -0.144. The lowest BCUT2D eigenvalue weighted by Gasteiger charge is -2.52. The molecule has 9 nitrogen and oxygen atoms in total. The van der Waals surface area contributed by atoms with Crippen LogP contribution in [-0.2, 0) is 19.7 Å². The lowest BCUT2D eigenvalue weighted by Crippen LogP contribution is -2.58. The van der Waals surface area contributed by atoms with Crippen molar-refractivity contribution in [2.45, 2.75) is 71.8 Å². The Morgan fingerprint density at radius 3 is 2.10 bits per heavy atom. The maximum Gasteiger partial charge on any atom is 0.410 e. The predicted octanol–water partition coefficient (Wildman–Crippen LogP) is 6.40. The number of piperidine rings is 1. The molecule has 0 saturated carbocycles. The van der Waals surface area contributed by atoms with E-state index in [4.69, 9.17) is 4.74 Å². The number of benzene rings is 2. The molecule has 0 radical (unpaired) electrons. The van der Waals surface area contributed by atoms with Gasteiger partial charge in [-0.2, -0.15) is 0 Å². The maximum atomic E-state index is 14.8. The molecular formula is C39H49N3O6. The molecule has 256 valence electrons. The van der Waals surface area contributed by atoms with Crippen molar-refractivity contribution in [3.8, 4) is 0 Å². The number of carboxylic acids is 1. The Hall–Kier alpha value is -4.40. The van der Waals surface area contributed by atoms with Gasteiger partial charge in [0.25, 0.3) is 0 Å². The number of rotatable bonds is 6. The molecule has 48 heavy (non-hydrogen) atoms. The van der Waals surface area contributed by atoms with E-state index in [1.807, 2.05) is 47.4 Å². The zero-order valence-electron chi connectivity index (χ0n) is 29.3. The van der Waals surface area contributed by atoms with Crippen molar-refractivity contribution in [3.63, 3.8) is 0 Å². The normalized spacial score (nSPS) is 21.7. The van der Waals surface area contributed by atoms with Crippen LogP contribution in [0, 0.1) is 10.8 Å². The Kier molecular flexibility index (Phi) is 9.38. The number of hydrogen-bond acceptors (Lipinski definition) is 5. The quantitative estimate of drug-likeness (QED) is 0.361. The number of fused-ring (bicyclic) bond motifs is 1. The Labute approximate surface area is 284 Å². The molecule has 1 atom stereocenters. The summed E-state index contributed by atoms with van der Waals surface area (Å²) in [5, 5.41) is 9.36. The molecule has 1 aliphatic carbocycles. The second-order valence-corrected chi connectivity index (χ2v) is 15.4. The Bertz CT molecular complexity index is 1630. The number of carbonyl (C=O) groups excluding carboxylic acids is 3. The van der Waals surface area contributed by atoms with E-state index in [0.29, 0.717) is 39.0 Å². The van der Waals surface area contributed by atoms with Gasteiger partial charge in [0.2, 0.25) is 11.8 Å². The summed E-state index contributed by atoms with van der Waals surface area (Å²) >= 11 is 0. The van der Waals surface area contributed by atoms with Crippen LogP contribution in [0.25, 0.3) is 5.57 Å². The lowest BCUT2D eigenvalue weighted by atomic mass is 9.58. The molecule has 3 aliphatic rings. The molecule has 2 aromatic carbocycles. The van der Waals surface area contributed by atoms with E-state index in [1.54, 1.807) is 44.9 Å². The number of carboxylic acid groups (broad SMARTS) is 1. The Morgan fingerprint density at radius 2 is 1.52 bits per heavy atom. The Morgan fingerprint density at radius 1 is 0.896 bits per heavy atom. The molecular weight excluding hydrogens is 606 g/mol. The molecule has 5 rings (SSSR count). The largest absolute Gasteiger partial charge is 0.478 e. The minimum Gasteiger partial charge on any atom is -0.478 e. The van der Waals surface area contributed by atoms with E-state index in [0.717, 1.165) is 23.1 Å². The van der Waals surface area contributed by atoms with Crippen molar-refractivity contribution in [1.82, 2.24) is 14.7 Å². The van der Waals surface area contributed by atoms with Gasteiger partial charge in [-0.25, -0.2) is 9.59 Å². The predicted molar refractivity (Wildman–Crippen MR) is 185 cm³/mol. The van der Waals surface area contributed by atoms with Gasteiger partial charge in [-0.05, 0) is 68.9 Å². The minimum absolute atomic E-state index is 0.0834. The third-order valence-electron chi connectivity index (χ3n) is 10.3. The number of likely N-dealkylation sites (N-methyl/N-ethyl adjacent to an activating group) is 1. The number of ether oxygens (including phenoxy) is 1. The fourth-order valence-corrected chi connectivity index (χ4v) is 7.89. The highest BCUT2D eigenvalue weighted by Gasteiger charge is 2.51. The molecule has 3 amide bonds. The zero-order chi connectivity index (χ0) is 35.1. The number of allylic oxidation sites excluding steroid dienone is 2. The van der Waals surface area contributed by atoms with Gasteiger partial charge in [-0.15, -0.1) is 0 Å². The number of likely N-dealkylation sites (tertiary alicyclic amines) is 1. The molecule has 2 aromatic rings. The van der Waals surface area contributed by atoms with Crippen LogP contribution >= 0.6 is 0 Å². The van der Waals surface area contributed by atoms with E-state index in [2.05, 4.69) is 32.9 Å². The van der Waals surface area contributed by atoms with Gasteiger partial charge in [0, 0.05) is 44.1 Å². The van der Waals surface area contributed by atoms with Gasteiger partial charge in [0.1, 0.15) is 12.1 Å². The van der Waals surface area contributed by atoms with Crippen LogP contribution in [0.2, 0.25) is 0 Å². The van der Waals surface area contributed by atoms with Gasteiger partial charge in [-0.3, -0.25) is 9.59 Å². The third-order valence-corrected chi connectivity index (χ3v) is 10.3. The molecule has 1 N–H and O–H groups in total. The van der Waals surface area contributed by atoms with Crippen LogP contribution in [0.15, 0.2) is 72.3 Å². The first kappa shape index (κ1) is 34.9. The number of amides is 3. The van der Waals surface area contributed by atoms with Gasteiger partial charge < -0.3 is 24.5 Å². The van der Waals surface area contributed by atoms with Crippen LogP contribution in [-0.4, -0.2) is 89.1 Å². The molecule has 0 aromatic heterocycles. The first-order valence-electron chi connectivity index (χ1n) is 16.8. The molecule has 0 unspecified atom stereocenters. The average Bonchev–Trinajstić information content (AvgIpc) is 3.03. The van der Waals surface area contributed by atoms with Crippen molar-refractivity contribution in [2.24, 2.45) is 10.8 Å². The molecule has 1 saturated heterocycles. The highest BCUT2D eigenvalue weighted by atomic mass is 16.6. The summed E-state index contributed by atoms with van der Waals surface area (Å²) in [6.45, 7) is 13.8. The van der Waals surface area contributed by atoms with Crippen LogP contribution in [0.4, 0.5) is 4.79 Å². The zero-order valence-corrected chi connectivity index (χ0v) is 29.3. The van der Waals surface area contributed by atoms with Crippen molar-refractivity contribution in [3.05, 3.63) is 89.0 Å². The summed E-state index contributed by atoms with van der Waals surface area (Å²) in [7, 11) is 1.56. The highest BCUT2D eigenvalue weighted by molar-refractivity contribution is 5.90. The van der Waals surface area contributed by atoms with Gasteiger partial charge >= 0.3 is 12.1 Å². The van der Waals surface area contributed by atoms with Crippen molar-refractivity contribution in [2.75, 3.05) is 39.8 Å². The maximum absolute atomic E-state index is 14.8. The number of hydrogen-bond donors (Lipinski definition) is 1. The minimum atomic E-state index is -0.942. The average molecular weight is 656 g/mol. The molecule has 2 heterocycles. The molecule has 1 fully saturated rings. The van der Waals surface area contributed by atoms with E-state index < -0.39 is 23.1 Å². The summed E-state index contributed by atoms with van der Waals surface area (Å²) < 4.78 is 5.41. The highest BCUT2D eigenvalue weighted by Crippen LogP contribution is 2.55. The monoisotopic (exact) mass is 655 g/mol. The van der Waals surface area contributed by atoms with Crippen molar-refractivity contribution in [1.29, 1.82) is 0 Å². The second kappa shape index (κ2) is 12.9. The SMILES string of the molecule is CN(CC(=O)N1CCC(C(=O)N2CC=C3C(C)(C)C(c4ccc(C(=O)O)cc4)=CC[C@]3(C)C2)(c2ccccc2)CC1)C(=O)OC(C)(C)C. The smallest absolute Gasteiger partial charge is 0.410 e. The fourth-order valence-electron chi connectivity index (χ4n) is 7.89. The van der Waals surface area contributed by atoms with Crippen LogP contribution in [0.1, 0.15) is 82.3 Å². The van der Waals surface area contributed by atoms with Crippen LogP contribution in [0.5, 0.6) is 0 Å². The summed E-state index contributed by atoms with van der Waals surface area (Å²) in [6, 6.07) is 17.0. The molecule has 0 spiro atoms. The first-order valence-corrected chi connectivity index (χ1v) is 16.8.